The Morgan fingerprint density at radius 3 is 2.22 bits per heavy atom. The van der Waals surface area contributed by atoms with E-state index in [-0.39, 0.29) is 18.4 Å². The lowest BCUT2D eigenvalue weighted by Crippen LogP contribution is -2.53. The molecule has 1 aliphatic rings. The van der Waals surface area contributed by atoms with Gasteiger partial charge in [0.1, 0.15) is 6.04 Å². The molecule has 3 N–H and O–H groups in total. The summed E-state index contributed by atoms with van der Waals surface area (Å²) in [6, 6.07) is -0.529. The molecule has 0 heterocycles. The average molecular weight is 324 g/mol. The second-order valence-corrected chi connectivity index (χ2v) is 7.46. The maximum Gasteiger partial charge on any atom is 0.245 e. The molecule has 132 valence electrons. The Morgan fingerprint density at radius 1 is 1.26 bits per heavy atom. The summed E-state index contributed by atoms with van der Waals surface area (Å²) in [6.07, 6.45) is 2.04. The van der Waals surface area contributed by atoms with Crippen molar-refractivity contribution in [3.8, 4) is 0 Å². The lowest BCUT2D eigenvalue weighted by atomic mass is 9.97. The van der Waals surface area contributed by atoms with Crippen LogP contribution in [0.5, 0.6) is 0 Å². The summed E-state index contributed by atoms with van der Waals surface area (Å²) in [7, 11) is 3.47. The summed E-state index contributed by atoms with van der Waals surface area (Å²) in [5, 5.41) is 13.7. The molecule has 2 atom stereocenters. The topological polar surface area (TPSA) is 85.3 Å². The van der Waals surface area contributed by atoms with Crippen LogP contribution in [0.1, 0.15) is 47.0 Å². The summed E-state index contributed by atoms with van der Waals surface area (Å²) < 4.78 is 0. The fourth-order valence-corrected chi connectivity index (χ4v) is 3.12. The minimum Gasteiger partial charge on any atom is -0.343 e. The number of amides is 2. The number of carbonyl (C=O) groups excluding carboxylic acids is 2. The predicted octanol–water partition coefficient (Wildman–Crippen LogP) is 1.40. The third-order valence-electron chi connectivity index (χ3n) is 4.30. The third-order valence-corrected chi connectivity index (χ3v) is 4.30. The molecule has 1 fully saturated rings. The number of carbonyl (C=O) groups is 2. The molecule has 0 aromatic heterocycles. The van der Waals surface area contributed by atoms with Crippen LogP contribution in [0, 0.1) is 17.2 Å². The Bertz CT molecular complexity index is 462. The fraction of sp³-hybridized carbons (Fsp3) is 0.824. The molecular weight excluding hydrogens is 292 g/mol. The molecule has 0 aromatic carbocycles. The second-order valence-electron chi connectivity index (χ2n) is 7.46. The number of nitrogens with one attached hydrogen (secondary N) is 3. The number of rotatable bonds is 9. The number of nitrogens with zero attached hydrogens (tertiary/aromatic N) is 1. The fourth-order valence-electron chi connectivity index (χ4n) is 3.12. The molecule has 0 radical (unpaired) electrons. The predicted molar refractivity (Wildman–Crippen MR) is 92.6 cm³/mol. The first-order valence-corrected chi connectivity index (χ1v) is 8.43. The highest BCUT2D eigenvalue weighted by Gasteiger charge is 2.55. The van der Waals surface area contributed by atoms with Gasteiger partial charge in [0.15, 0.2) is 0 Å². The van der Waals surface area contributed by atoms with E-state index in [2.05, 4.69) is 24.5 Å². The van der Waals surface area contributed by atoms with Crippen molar-refractivity contribution < 1.29 is 9.59 Å². The highest BCUT2D eigenvalue weighted by molar-refractivity contribution is 6.10. The van der Waals surface area contributed by atoms with Gasteiger partial charge in [0, 0.05) is 19.2 Å². The normalized spacial score (nSPS) is 21.5. The van der Waals surface area contributed by atoms with Crippen molar-refractivity contribution in [1.29, 1.82) is 5.41 Å². The van der Waals surface area contributed by atoms with E-state index in [0.29, 0.717) is 30.4 Å². The van der Waals surface area contributed by atoms with E-state index in [1.165, 1.54) is 0 Å². The molecular formula is C17H32N4O2. The van der Waals surface area contributed by atoms with E-state index in [4.69, 9.17) is 5.41 Å². The van der Waals surface area contributed by atoms with Crippen LogP contribution in [0.15, 0.2) is 0 Å². The highest BCUT2D eigenvalue weighted by Crippen LogP contribution is 2.42. The van der Waals surface area contributed by atoms with Crippen LogP contribution in [0.3, 0.4) is 0 Å². The van der Waals surface area contributed by atoms with Crippen molar-refractivity contribution in [2.24, 2.45) is 11.8 Å². The Balaban J connectivity index is 2.86. The van der Waals surface area contributed by atoms with E-state index in [0.717, 1.165) is 6.42 Å². The van der Waals surface area contributed by atoms with Crippen molar-refractivity contribution in [1.82, 2.24) is 15.5 Å². The first kappa shape index (κ1) is 19.6. The number of hydrogen-bond acceptors (Lipinski definition) is 4. The van der Waals surface area contributed by atoms with Gasteiger partial charge in [-0.2, -0.15) is 0 Å². The third kappa shape index (κ3) is 5.03. The van der Waals surface area contributed by atoms with Gasteiger partial charge < -0.3 is 20.9 Å². The highest BCUT2D eigenvalue weighted by atomic mass is 16.2. The van der Waals surface area contributed by atoms with Crippen LogP contribution >= 0.6 is 0 Å². The zero-order chi connectivity index (χ0) is 17.8. The summed E-state index contributed by atoms with van der Waals surface area (Å²) in [4.78, 5) is 26.5. The minimum absolute atomic E-state index is 0.0916. The Kier molecular flexibility index (Phi) is 6.74. The first-order valence-electron chi connectivity index (χ1n) is 8.43. The largest absolute Gasteiger partial charge is 0.343 e. The van der Waals surface area contributed by atoms with E-state index >= 15 is 0 Å². The average Bonchev–Trinajstić information content (AvgIpc) is 3.06. The molecule has 0 saturated heterocycles. The molecule has 0 aromatic rings. The van der Waals surface area contributed by atoms with Gasteiger partial charge in [0.2, 0.25) is 11.8 Å². The van der Waals surface area contributed by atoms with Crippen LogP contribution < -0.4 is 10.6 Å². The molecule has 0 aliphatic heterocycles. The molecule has 6 nitrogen and oxygen atoms in total. The molecule has 1 rings (SSSR count). The van der Waals surface area contributed by atoms with Gasteiger partial charge in [0.25, 0.3) is 0 Å². The summed E-state index contributed by atoms with van der Waals surface area (Å²) in [6.45, 7) is 8.47. The quantitative estimate of drug-likeness (QED) is 0.599. The molecule has 2 unspecified atom stereocenters. The van der Waals surface area contributed by atoms with Crippen LogP contribution in [-0.2, 0) is 9.59 Å². The summed E-state index contributed by atoms with van der Waals surface area (Å²) in [5.74, 6) is 0.442. The van der Waals surface area contributed by atoms with Crippen molar-refractivity contribution >= 4 is 17.5 Å². The van der Waals surface area contributed by atoms with Gasteiger partial charge in [-0.05, 0) is 31.7 Å². The molecule has 0 spiro atoms. The number of likely N-dealkylation sites (N-methyl/N-ethyl adjacent to an activating group) is 2. The zero-order valence-electron chi connectivity index (χ0n) is 15.3. The molecule has 23 heavy (non-hydrogen) atoms. The standard InChI is InChI=1S/C17H32N4O2/c1-11(2)7-13(20-15(22)10-19-5)16(23)21(6)17(8-12(3)4)9-14(17)18/h11-13,18-19H,7-10H2,1-6H3,(H,20,22). The maximum absolute atomic E-state index is 12.9. The molecule has 6 heteroatoms. The molecule has 1 aliphatic carbocycles. The van der Waals surface area contributed by atoms with Gasteiger partial charge in [-0.25, -0.2) is 0 Å². The Hall–Kier alpha value is -1.43. The van der Waals surface area contributed by atoms with Gasteiger partial charge in [-0.15, -0.1) is 0 Å². The first-order chi connectivity index (χ1) is 10.6. The molecule has 2 amide bonds. The molecule has 0 bridgehead atoms. The number of hydrogen-bond donors (Lipinski definition) is 3. The van der Waals surface area contributed by atoms with Crippen LogP contribution in [0.4, 0.5) is 0 Å². The van der Waals surface area contributed by atoms with Gasteiger partial charge in [-0.3, -0.25) is 9.59 Å². The summed E-state index contributed by atoms with van der Waals surface area (Å²) >= 11 is 0. The maximum atomic E-state index is 12.9. The van der Waals surface area contributed by atoms with Crippen LogP contribution in [-0.4, -0.2) is 54.6 Å². The van der Waals surface area contributed by atoms with Crippen LogP contribution in [0.2, 0.25) is 0 Å². The van der Waals surface area contributed by atoms with Crippen molar-refractivity contribution in [2.45, 2.75) is 58.5 Å². The van der Waals surface area contributed by atoms with Crippen molar-refractivity contribution in [2.75, 3.05) is 20.6 Å². The Morgan fingerprint density at radius 2 is 1.83 bits per heavy atom. The second kappa shape index (κ2) is 7.90. The van der Waals surface area contributed by atoms with Crippen molar-refractivity contribution in [3.63, 3.8) is 0 Å². The van der Waals surface area contributed by atoms with E-state index in [1.807, 2.05) is 13.8 Å². The van der Waals surface area contributed by atoms with Crippen molar-refractivity contribution in [3.05, 3.63) is 0 Å². The van der Waals surface area contributed by atoms with E-state index in [1.54, 1.807) is 19.0 Å². The van der Waals surface area contributed by atoms with E-state index < -0.39 is 11.6 Å². The Labute approximate surface area is 139 Å². The summed E-state index contributed by atoms with van der Waals surface area (Å²) in [5.41, 5.74) is 0.181. The zero-order valence-corrected chi connectivity index (χ0v) is 15.3. The minimum atomic E-state index is -0.529. The van der Waals surface area contributed by atoms with Gasteiger partial charge in [-0.1, -0.05) is 27.7 Å². The van der Waals surface area contributed by atoms with Gasteiger partial charge in [0.05, 0.1) is 12.1 Å². The monoisotopic (exact) mass is 324 g/mol. The van der Waals surface area contributed by atoms with Gasteiger partial charge >= 0.3 is 0 Å². The molecule has 1 saturated carbocycles. The van der Waals surface area contributed by atoms with Crippen LogP contribution in [0.25, 0.3) is 0 Å². The lowest BCUT2D eigenvalue weighted by molar-refractivity contribution is -0.137. The lowest BCUT2D eigenvalue weighted by Gasteiger charge is -2.33. The smallest absolute Gasteiger partial charge is 0.245 e. The SMILES string of the molecule is CNCC(=O)NC(CC(C)C)C(=O)N(C)C1(CC(C)C)CC1=N. The van der Waals surface area contributed by atoms with E-state index in [9.17, 15) is 9.59 Å².